The lowest BCUT2D eigenvalue weighted by molar-refractivity contribution is -0.134. The Morgan fingerprint density at radius 2 is 1.65 bits per heavy atom. The third-order valence-corrected chi connectivity index (χ3v) is 8.98. The number of sulfone groups is 1. The highest BCUT2D eigenvalue weighted by atomic mass is 32.2. The van der Waals surface area contributed by atoms with Crippen LogP contribution >= 0.6 is 0 Å². The van der Waals surface area contributed by atoms with E-state index >= 15 is 0 Å². The van der Waals surface area contributed by atoms with Crippen LogP contribution < -0.4 is 10.2 Å². The molecule has 0 saturated carbocycles. The second-order valence-corrected chi connectivity index (χ2v) is 11.1. The van der Waals surface area contributed by atoms with Gasteiger partial charge in [-0.05, 0) is 78.8 Å². The van der Waals surface area contributed by atoms with Gasteiger partial charge in [0.2, 0.25) is 0 Å². The van der Waals surface area contributed by atoms with Crippen molar-refractivity contribution in [3.05, 3.63) is 83.9 Å². The lowest BCUT2D eigenvalue weighted by Crippen LogP contribution is -2.54. The number of nitrogens with one attached hydrogen (secondary N) is 1. The van der Waals surface area contributed by atoms with Crippen molar-refractivity contribution < 1.29 is 36.7 Å². The third-order valence-electron chi connectivity index (χ3n) is 6.47. The Morgan fingerprint density at radius 3 is 2.30 bits per heavy atom. The maximum atomic E-state index is 13.6. The fraction of sp³-hybridized carbons (Fsp3) is 0.296. The molecule has 10 heteroatoms. The van der Waals surface area contributed by atoms with Gasteiger partial charge >= 0.3 is 0 Å². The quantitative estimate of drug-likeness (QED) is 0.240. The molecule has 0 aliphatic carbocycles. The van der Waals surface area contributed by atoms with E-state index in [-0.39, 0.29) is 31.0 Å². The number of rotatable bonds is 9. The van der Waals surface area contributed by atoms with Crippen LogP contribution in [0.15, 0.2) is 71.6 Å². The van der Waals surface area contributed by atoms with Crippen LogP contribution in [0.2, 0.25) is 0 Å². The van der Waals surface area contributed by atoms with Crippen molar-refractivity contribution in [2.24, 2.45) is 0 Å². The number of hydrogen-bond acceptors (Lipinski definition) is 6. The first-order valence-corrected chi connectivity index (χ1v) is 13.3. The number of carbonyl (C=O) groups excluding carboxylic acids is 1. The summed E-state index contributed by atoms with van der Waals surface area (Å²) in [7, 11) is -4.10. The zero-order chi connectivity index (χ0) is 26.5. The van der Waals surface area contributed by atoms with Gasteiger partial charge in [0.25, 0.3) is 5.91 Å². The molecular weight excluding hydrogens is 504 g/mol. The van der Waals surface area contributed by atoms with E-state index in [0.29, 0.717) is 36.3 Å². The zero-order valence-corrected chi connectivity index (χ0v) is 20.8. The number of hydroxylamine groups is 1. The van der Waals surface area contributed by atoms with Gasteiger partial charge < -0.3 is 9.47 Å². The molecule has 0 bridgehead atoms. The van der Waals surface area contributed by atoms with E-state index in [1.165, 1.54) is 41.9 Å². The molecule has 1 aliphatic rings. The van der Waals surface area contributed by atoms with E-state index < -0.39 is 32.1 Å². The highest BCUT2D eigenvalue weighted by molar-refractivity contribution is 7.93. The molecule has 3 aromatic rings. The fourth-order valence-electron chi connectivity index (χ4n) is 4.45. The number of amides is 1. The molecule has 1 amide bonds. The molecule has 0 aromatic heterocycles. The lowest BCUT2D eigenvalue weighted by Gasteiger charge is -2.34. The summed E-state index contributed by atoms with van der Waals surface area (Å²) in [4.78, 5) is 12.3. The van der Waals surface area contributed by atoms with E-state index in [0.717, 1.165) is 11.6 Å². The van der Waals surface area contributed by atoms with Crippen molar-refractivity contribution in [2.75, 3.05) is 19.8 Å². The first-order valence-electron chi connectivity index (χ1n) is 11.8. The van der Waals surface area contributed by atoms with Gasteiger partial charge in [0, 0.05) is 19.3 Å². The van der Waals surface area contributed by atoms with Crippen molar-refractivity contribution >= 4 is 15.7 Å². The first kappa shape index (κ1) is 26.7. The van der Waals surface area contributed by atoms with Gasteiger partial charge in [0.1, 0.15) is 17.4 Å². The van der Waals surface area contributed by atoms with Crippen LogP contribution in [0, 0.1) is 11.6 Å². The Bertz CT molecular complexity index is 1340. The van der Waals surface area contributed by atoms with Crippen LogP contribution in [-0.2, 0) is 25.8 Å². The van der Waals surface area contributed by atoms with Gasteiger partial charge in [0.05, 0.1) is 11.5 Å². The molecule has 4 rings (SSSR count). The molecule has 3 aromatic carbocycles. The van der Waals surface area contributed by atoms with E-state index in [1.54, 1.807) is 6.07 Å². The van der Waals surface area contributed by atoms with E-state index in [4.69, 9.17) is 14.7 Å². The van der Waals surface area contributed by atoms with E-state index in [2.05, 4.69) is 0 Å². The van der Waals surface area contributed by atoms with Crippen LogP contribution in [0.3, 0.4) is 0 Å². The molecule has 0 radical (unpaired) electrons. The van der Waals surface area contributed by atoms with E-state index in [1.807, 2.05) is 18.2 Å². The number of benzene rings is 3. The molecule has 196 valence electrons. The zero-order valence-electron chi connectivity index (χ0n) is 20.0. The van der Waals surface area contributed by atoms with Gasteiger partial charge in [-0.25, -0.2) is 22.7 Å². The molecule has 7 nitrogen and oxygen atoms in total. The van der Waals surface area contributed by atoms with Gasteiger partial charge in [-0.3, -0.25) is 10.0 Å². The van der Waals surface area contributed by atoms with Crippen molar-refractivity contribution in [3.8, 4) is 16.9 Å². The Labute approximate surface area is 213 Å². The smallest absolute Gasteiger partial charge is 0.265 e. The lowest BCUT2D eigenvalue weighted by atomic mass is 9.98. The van der Waals surface area contributed by atoms with Gasteiger partial charge in [-0.2, -0.15) is 0 Å². The molecule has 37 heavy (non-hydrogen) atoms. The van der Waals surface area contributed by atoms with E-state index in [9.17, 15) is 22.0 Å². The number of ether oxygens (including phenoxy) is 2. The van der Waals surface area contributed by atoms with Crippen molar-refractivity contribution in [2.45, 2.75) is 35.3 Å². The van der Waals surface area contributed by atoms with Crippen molar-refractivity contribution in [1.29, 1.82) is 0 Å². The van der Waals surface area contributed by atoms with Gasteiger partial charge in [0.15, 0.2) is 14.6 Å². The highest BCUT2D eigenvalue weighted by Gasteiger charge is 2.52. The summed E-state index contributed by atoms with van der Waals surface area (Å²) in [5.41, 5.74) is 3.66. The Kier molecular flexibility index (Phi) is 8.21. The van der Waals surface area contributed by atoms with Crippen LogP contribution in [0.4, 0.5) is 8.78 Å². The minimum absolute atomic E-state index is 0.0454. The second kappa shape index (κ2) is 11.4. The molecule has 1 fully saturated rings. The summed E-state index contributed by atoms with van der Waals surface area (Å²) < 4.78 is 62.9. The van der Waals surface area contributed by atoms with Gasteiger partial charge in [-0.1, -0.05) is 24.3 Å². The van der Waals surface area contributed by atoms with Crippen LogP contribution in [0.1, 0.15) is 24.8 Å². The average molecular weight is 532 g/mol. The molecular formula is C27H27F2NO6S. The fourth-order valence-corrected chi connectivity index (χ4v) is 6.39. The molecule has 1 saturated heterocycles. The summed E-state index contributed by atoms with van der Waals surface area (Å²) in [6.45, 7) is 0.546. The summed E-state index contributed by atoms with van der Waals surface area (Å²) in [6, 6.07) is 16.6. The predicted molar refractivity (Wildman–Crippen MR) is 132 cm³/mol. The highest BCUT2D eigenvalue weighted by Crippen LogP contribution is 2.35. The number of carbonyl (C=O) groups is 1. The summed E-state index contributed by atoms with van der Waals surface area (Å²) in [6.07, 6.45) is 1.20. The molecule has 1 heterocycles. The molecule has 0 atom stereocenters. The maximum absolute atomic E-state index is 13.6. The monoisotopic (exact) mass is 531 g/mol. The number of hydrogen-bond donors (Lipinski definition) is 2. The summed E-state index contributed by atoms with van der Waals surface area (Å²) in [5.74, 6) is -1.77. The minimum Gasteiger partial charge on any atom is -0.494 e. The molecule has 0 spiro atoms. The summed E-state index contributed by atoms with van der Waals surface area (Å²) in [5, 5.41) is 9.15. The molecule has 1 aliphatic heterocycles. The van der Waals surface area contributed by atoms with Crippen molar-refractivity contribution in [3.63, 3.8) is 0 Å². The van der Waals surface area contributed by atoms with Crippen LogP contribution in [-0.4, -0.2) is 44.1 Å². The third kappa shape index (κ3) is 5.82. The van der Waals surface area contributed by atoms with Gasteiger partial charge in [-0.15, -0.1) is 0 Å². The standard InChI is InChI=1S/C27H27F2NO6S/c28-22-16-21(17-23(29)18-22)20-5-1-3-19(15-20)4-2-12-36-24-6-8-25(9-7-24)37(33,34)27(26(31)30-32)10-13-35-14-11-27/h1,3,5-9,15-18,32H,2,4,10-14H2,(H,30,31). The Balaban J connectivity index is 1.36. The Morgan fingerprint density at radius 1 is 0.973 bits per heavy atom. The molecule has 2 N–H and O–H groups in total. The second-order valence-electron chi connectivity index (χ2n) is 8.83. The predicted octanol–water partition coefficient (Wildman–Crippen LogP) is 4.47. The Hall–Kier alpha value is -3.34. The number of aryl methyl sites for hydroxylation is 1. The van der Waals surface area contributed by atoms with Crippen LogP contribution in [0.5, 0.6) is 5.75 Å². The minimum atomic E-state index is -4.10. The van der Waals surface area contributed by atoms with Crippen LogP contribution in [0.25, 0.3) is 11.1 Å². The number of halogens is 2. The molecule has 0 unspecified atom stereocenters. The largest absolute Gasteiger partial charge is 0.494 e. The topological polar surface area (TPSA) is 102 Å². The van der Waals surface area contributed by atoms with Crippen molar-refractivity contribution in [1.82, 2.24) is 5.48 Å². The summed E-state index contributed by atoms with van der Waals surface area (Å²) >= 11 is 0. The maximum Gasteiger partial charge on any atom is 0.265 e. The first-order chi connectivity index (χ1) is 17.7. The average Bonchev–Trinajstić information content (AvgIpc) is 2.91. The SMILES string of the molecule is O=C(NO)C1(S(=O)(=O)c2ccc(OCCCc3cccc(-c4cc(F)cc(F)c4)c3)cc2)CCOCC1. The normalized spacial score (nSPS) is 15.2.